The van der Waals surface area contributed by atoms with Crippen LogP contribution in [0.2, 0.25) is 5.02 Å². The molecule has 5 nitrogen and oxygen atoms in total. The molecule has 0 amide bonds. The van der Waals surface area contributed by atoms with Crippen molar-refractivity contribution >= 4 is 33.9 Å². The van der Waals surface area contributed by atoms with Crippen LogP contribution in [0.15, 0.2) is 97.2 Å². The number of phenolic OH excluding ortho intramolecular Hbond substituents is 1. The molecule has 194 valence electrons. The molecule has 1 aromatic heterocycles. The summed E-state index contributed by atoms with van der Waals surface area (Å²) >= 11 is 6.46. The number of phenols is 1. The van der Waals surface area contributed by atoms with Crippen LogP contribution in [0.3, 0.4) is 0 Å². The molecular weight excluding hydrogens is 496 g/mol. The van der Waals surface area contributed by atoms with Gasteiger partial charge in [0.15, 0.2) is 0 Å². The lowest BCUT2D eigenvalue weighted by Crippen LogP contribution is -2.10. The van der Waals surface area contributed by atoms with Gasteiger partial charge in [-0.05, 0) is 71.6 Å². The summed E-state index contributed by atoms with van der Waals surface area (Å²) in [5.74, 6) is 0.256. The maximum Gasteiger partial charge on any atom is 0.116 e. The van der Waals surface area contributed by atoms with Crippen LogP contribution >= 0.6 is 11.6 Å². The lowest BCUT2D eigenvalue weighted by molar-refractivity contribution is -0.290. The number of rotatable bonds is 10. The zero-order valence-electron chi connectivity index (χ0n) is 21.6. The van der Waals surface area contributed by atoms with Gasteiger partial charge in [-0.3, -0.25) is 0 Å². The number of hydrogen-bond donors (Lipinski definition) is 1. The molecular formula is C32H31ClN2O3. The Hall–Kier alpha value is -3.77. The van der Waals surface area contributed by atoms with E-state index in [0.717, 1.165) is 39.5 Å². The van der Waals surface area contributed by atoms with Crippen LogP contribution < -0.4 is 4.90 Å². The molecule has 4 aromatic carbocycles. The van der Waals surface area contributed by atoms with E-state index < -0.39 is 0 Å². The van der Waals surface area contributed by atoms with Crippen molar-refractivity contribution in [2.75, 3.05) is 25.2 Å². The molecule has 0 saturated carbocycles. The molecule has 6 heteroatoms. The Morgan fingerprint density at radius 2 is 1.68 bits per heavy atom. The zero-order valence-corrected chi connectivity index (χ0v) is 22.4. The van der Waals surface area contributed by atoms with Gasteiger partial charge in [0.05, 0.1) is 23.9 Å². The molecule has 0 atom stereocenters. The van der Waals surface area contributed by atoms with Crippen LogP contribution in [0.1, 0.15) is 18.1 Å². The van der Waals surface area contributed by atoms with Gasteiger partial charge in [-0.1, -0.05) is 60.1 Å². The van der Waals surface area contributed by atoms with E-state index in [1.165, 1.54) is 16.5 Å². The normalized spacial score (nSPS) is 11.2. The summed E-state index contributed by atoms with van der Waals surface area (Å²) in [5, 5.41) is 11.9. The van der Waals surface area contributed by atoms with Gasteiger partial charge in [0.2, 0.25) is 0 Å². The molecule has 0 unspecified atom stereocenters. The van der Waals surface area contributed by atoms with Crippen molar-refractivity contribution < 1.29 is 14.9 Å². The van der Waals surface area contributed by atoms with Crippen LogP contribution in [0.4, 0.5) is 11.4 Å². The topological polar surface area (TPSA) is 46.9 Å². The quantitative estimate of drug-likeness (QED) is 0.114. The van der Waals surface area contributed by atoms with Crippen molar-refractivity contribution in [3.05, 3.63) is 113 Å². The SMILES string of the molecule is CCOOCCc1cn(Cc2cccc(N(C)c3ccccc3Cl)c2)c2cc(-c3cccc(O)c3)ccc12. The molecule has 1 N–H and O–H groups in total. The third kappa shape index (κ3) is 5.70. The maximum atomic E-state index is 10.0. The fraction of sp³-hybridized carbons (Fsp3) is 0.188. The van der Waals surface area contributed by atoms with Gasteiger partial charge in [-0.2, -0.15) is 0 Å². The van der Waals surface area contributed by atoms with Gasteiger partial charge in [-0.15, -0.1) is 0 Å². The highest BCUT2D eigenvalue weighted by molar-refractivity contribution is 6.33. The molecule has 0 spiro atoms. The number of hydrogen-bond acceptors (Lipinski definition) is 4. The van der Waals surface area contributed by atoms with Gasteiger partial charge >= 0.3 is 0 Å². The van der Waals surface area contributed by atoms with Gasteiger partial charge < -0.3 is 14.6 Å². The highest BCUT2D eigenvalue weighted by atomic mass is 35.5. The minimum absolute atomic E-state index is 0.256. The second-order valence-electron chi connectivity index (χ2n) is 9.22. The first-order valence-corrected chi connectivity index (χ1v) is 13.1. The molecule has 0 saturated heterocycles. The average molecular weight is 527 g/mol. The first-order chi connectivity index (χ1) is 18.5. The highest BCUT2D eigenvalue weighted by Gasteiger charge is 2.13. The highest BCUT2D eigenvalue weighted by Crippen LogP contribution is 2.32. The summed E-state index contributed by atoms with van der Waals surface area (Å²) in [6, 6.07) is 30.2. The fourth-order valence-electron chi connectivity index (χ4n) is 4.78. The largest absolute Gasteiger partial charge is 0.508 e. The molecule has 38 heavy (non-hydrogen) atoms. The number of para-hydroxylation sites is 1. The Balaban J connectivity index is 1.50. The molecule has 0 radical (unpaired) electrons. The van der Waals surface area contributed by atoms with Crippen LogP contribution in [-0.2, 0) is 22.7 Å². The van der Waals surface area contributed by atoms with Crippen molar-refractivity contribution in [3.63, 3.8) is 0 Å². The van der Waals surface area contributed by atoms with Crippen LogP contribution in [0.5, 0.6) is 5.75 Å². The van der Waals surface area contributed by atoms with Crippen molar-refractivity contribution in [1.29, 1.82) is 0 Å². The van der Waals surface area contributed by atoms with Crippen LogP contribution in [0.25, 0.3) is 22.0 Å². The van der Waals surface area contributed by atoms with Crippen LogP contribution in [0, 0.1) is 0 Å². The van der Waals surface area contributed by atoms with Crippen molar-refractivity contribution in [3.8, 4) is 16.9 Å². The van der Waals surface area contributed by atoms with E-state index in [1.54, 1.807) is 12.1 Å². The summed E-state index contributed by atoms with van der Waals surface area (Å²) in [5.41, 5.74) is 7.57. The minimum Gasteiger partial charge on any atom is -0.508 e. The lowest BCUT2D eigenvalue weighted by atomic mass is 10.0. The first-order valence-electron chi connectivity index (χ1n) is 12.8. The van der Waals surface area contributed by atoms with Gasteiger partial charge in [0.1, 0.15) is 5.75 Å². The molecule has 5 rings (SSSR count). The standard InChI is InChI=1S/C32H31ClN2O3/c1-3-37-38-17-16-26-22-35(32-20-25(14-15-29(26)32)24-9-7-11-28(36)19-24)21-23-8-6-10-27(18-23)34(2)31-13-5-4-12-30(31)33/h4-15,18-20,22,36H,3,16-17,21H2,1-2H3. The zero-order chi connectivity index (χ0) is 26.5. The smallest absolute Gasteiger partial charge is 0.116 e. The number of aromatic nitrogens is 1. The Labute approximate surface area is 228 Å². The summed E-state index contributed by atoms with van der Waals surface area (Å²) in [6.07, 6.45) is 2.95. The number of anilines is 2. The number of fused-ring (bicyclic) bond motifs is 1. The van der Waals surface area contributed by atoms with E-state index in [2.05, 4.69) is 58.1 Å². The molecule has 1 heterocycles. The van der Waals surface area contributed by atoms with Crippen LogP contribution in [-0.4, -0.2) is 29.9 Å². The molecule has 5 aromatic rings. The fourth-order valence-corrected chi connectivity index (χ4v) is 5.04. The monoisotopic (exact) mass is 526 g/mol. The number of aromatic hydroxyl groups is 1. The van der Waals surface area contributed by atoms with Crippen molar-refractivity contribution in [1.82, 2.24) is 4.57 Å². The summed E-state index contributed by atoms with van der Waals surface area (Å²) in [6.45, 7) is 3.62. The average Bonchev–Trinajstić information content (AvgIpc) is 3.27. The van der Waals surface area contributed by atoms with E-state index in [4.69, 9.17) is 21.4 Å². The molecule has 0 fully saturated rings. The Morgan fingerprint density at radius 1 is 0.868 bits per heavy atom. The summed E-state index contributed by atoms with van der Waals surface area (Å²) in [4.78, 5) is 12.5. The summed E-state index contributed by atoms with van der Waals surface area (Å²) < 4.78 is 2.28. The van der Waals surface area contributed by atoms with Crippen molar-refractivity contribution in [2.45, 2.75) is 19.9 Å². The number of benzene rings is 4. The van der Waals surface area contributed by atoms with E-state index in [-0.39, 0.29) is 5.75 Å². The number of halogens is 1. The van der Waals surface area contributed by atoms with Crippen molar-refractivity contribution in [2.24, 2.45) is 0 Å². The Kier molecular flexibility index (Phi) is 7.99. The Morgan fingerprint density at radius 3 is 2.50 bits per heavy atom. The molecule has 0 aliphatic carbocycles. The summed E-state index contributed by atoms with van der Waals surface area (Å²) in [7, 11) is 2.03. The van der Waals surface area contributed by atoms with Gasteiger partial charge in [-0.25, -0.2) is 9.78 Å². The second kappa shape index (κ2) is 11.7. The number of nitrogens with zero attached hydrogens (tertiary/aromatic N) is 2. The third-order valence-corrected chi connectivity index (χ3v) is 6.98. The minimum atomic E-state index is 0.256. The predicted molar refractivity (Wildman–Crippen MR) is 155 cm³/mol. The van der Waals surface area contributed by atoms with Gasteiger partial charge in [0, 0.05) is 42.8 Å². The van der Waals surface area contributed by atoms with E-state index in [9.17, 15) is 5.11 Å². The van der Waals surface area contributed by atoms with Gasteiger partial charge in [0.25, 0.3) is 0 Å². The maximum absolute atomic E-state index is 10.0. The predicted octanol–water partition coefficient (Wildman–Crippen LogP) is 7.99. The van der Waals surface area contributed by atoms with E-state index >= 15 is 0 Å². The van der Waals surface area contributed by atoms with E-state index in [0.29, 0.717) is 19.8 Å². The Bertz CT molecular complexity index is 1550. The first kappa shape index (κ1) is 25.9. The third-order valence-electron chi connectivity index (χ3n) is 6.66. The molecule has 0 bridgehead atoms. The molecule has 0 aliphatic heterocycles. The van der Waals surface area contributed by atoms with E-state index in [1.807, 2.05) is 50.4 Å². The molecule has 0 aliphatic rings. The second-order valence-corrected chi connectivity index (χ2v) is 9.63. The lowest BCUT2D eigenvalue weighted by Gasteiger charge is -2.21.